The minimum absolute atomic E-state index is 0.0288. The Morgan fingerprint density at radius 2 is 1.95 bits per heavy atom. The molecule has 6 heteroatoms. The van der Waals surface area contributed by atoms with Gasteiger partial charge in [-0.1, -0.05) is 23.2 Å². The van der Waals surface area contributed by atoms with Crippen LogP contribution in [0.2, 0.25) is 10.0 Å². The lowest BCUT2D eigenvalue weighted by atomic mass is 9.96. The Hall–Kier alpha value is -1.13. The molecule has 1 aromatic carbocycles. The molecule has 1 aliphatic heterocycles. The Bertz CT molecular complexity index is 499. The van der Waals surface area contributed by atoms with Crippen LogP contribution in [0.1, 0.15) is 19.8 Å². The largest absolute Gasteiger partial charge is 0.397 e. The van der Waals surface area contributed by atoms with Crippen molar-refractivity contribution in [3.63, 3.8) is 0 Å². The first-order valence-electron chi connectivity index (χ1n) is 6.71. The summed E-state index contributed by atoms with van der Waals surface area (Å²) >= 11 is 12.0. The number of nitrogens with one attached hydrogen (secondary N) is 1. The third-order valence-corrected chi connectivity index (χ3v) is 4.39. The molecule has 2 rings (SSSR count). The van der Waals surface area contributed by atoms with Gasteiger partial charge in [-0.2, -0.15) is 0 Å². The number of carbonyl (C=O) groups excluding carboxylic acids is 1. The zero-order valence-corrected chi connectivity index (χ0v) is 13.0. The summed E-state index contributed by atoms with van der Waals surface area (Å²) in [5.74, 6) is 0.556. The highest BCUT2D eigenvalue weighted by atomic mass is 35.5. The predicted octanol–water partition coefficient (Wildman–Crippen LogP) is 2.93. The van der Waals surface area contributed by atoms with Crippen LogP contribution >= 0.6 is 23.2 Å². The number of hydrogen-bond acceptors (Lipinski definition) is 3. The maximum absolute atomic E-state index is 10.9. The standard InChI is InChI=1S/C14H19Cl2N3O/c1-9(20)18-8-10-2-4-19(5-3-10)14-7-12(16)11(15)6-13(14)17/h6-7,10H,2-5,8,17H2,1H3,(H,18,20). The van der Waals surface area contributed by atoms with Crippen LogP contribution < -0.4 is 16.0 Å². The van der Waals surface area contributed by atoms with E-state index in [-0.39, 0.29) is 5.91 Å². The zero-order chi connectivity index (χ0) is 14.7. The van der Waals surface area contributed by atoms with E-state index in [0.29, 0.717) is 21.7 Å². The number of hydrogen-bond donors (Lipinski definition) is 2. The molecule has 0 atom stereocenters. The van der Waals surface area contributed by atoms with E-state index in [1.165, 1.54) is 0 Å². The number of halogens is 2. The van der Waals surface area contributed by atoms with Crippen molar-refractivity contribution in [3.8, 4) is 0 Å². The van der Waals surface area contributed by atoms with Crippen LogP contribution in [0.5, 0.6) is 0 Å². The van der Waals surface area contributed by atoms with Crippen molar-refractivity contribution in [3.05, 3.63) is 22.2 Å². The van der Waals surface area contributed by atoms with Crippen LogP contribution in [0.15, 0.2) is 12.1 Å². The molecule has 0 aliphatic carbocycles. The summed E-state index contributed by atoms with van der Waals surface area (Å²) in [7, 11) is 0. The monoisotopic (exact) mass is 315 g/mol. The minimum Gasteiger partial charge on any atom is -0.397 e. The van der Waals surface area contributed by atoms with Crippen LogP contribution in [-0.4, -0.2) is 25.5 Å². The number of nitrogens with two attached hydrogens (primary N) is 1. The third-order valence-electron chi connectivity index (χ3n) is 3.66. The summed E-state index contributed by atoms with van der Waals surface area (Å²) < 4.78 is 0. The number of benzene rings is 1. The molecule has 3 N–H and O–H groups in total. The molecule has 4 nitrogen and oxygen atoms in total. The van der Waals surface area contributed by atoms with Crippen molar-refractivity contribution in [2.75, 3.05) is 30.3 Å². The fourth-order valence-electron chi connectivity index (χ4n) is 2.49. The number of piperidine rings is 1. The average Bonchev–Trinajstić information content (AvgIpc) is 2.41. The molecular formula is C14H19Cl2N3O. The van der Waals surface area contributed by atoms with E-state index in [1.54, 1.807) is 13.0 Å². The van der Waals surface area contributed by atoms with E-state index >= 15 is 0 Å². The number of nitrogens with zero attached hydrogens (tertiary/aromatic N) is 1. The lowest BCUT2D eigenvalue weighted by Crippen LogP contribution is -2.38. The molecule has 0 aromatic heterocycles. The van der Waals surface area contributed by atoms with E-state index in [1.807, 2.05) is 6.07 Å². The van der Waals surface area contributed by atoms with Gasteiger partial charge in [-0.25, -0.2) is 0 Å². The van der Waals surface area contributed by atoms with Gasteiger partial charge in [0.2, 0.25) is 5.91 Å². The summed E-state index contributed by atoms with van der Waals surface area (Å²) in [4.78, 5) is 13.1. The zero-order valence-electron chi connectivity index (χ0n) is 11.5. The summed E-state index contributed by atoms with van der Waals surface area (Å²) in [6, 6.07) is 3.52. The van der Waals surface area contributed by atoms with Gasteiger partial charge in [0.25, 0.3) is 0 Å². The normalized spacial score (nSPS) is 16.2. The quantitative estimate of drug-likeness (QED) is 0.843. The Morgan fingerprint density at radius 1 is 1.35 bits per heavy atom. The van der Waals surface area contributed by atoms with Gasteiger partial charge in [0, 0.05) is 26.6 Å². The predicted molar refractivity (Wildman–Crippen MR) is 84.5 cm³/mol. The first-order valence-corrected chi connectivity index (χ1v) is 7.47. The molecule has 1 saturated heterocycles. The molecule has 1 heterocycles. The van der Waals surface area contributed by atoms with Gasteiger partial charge in [-0.15, -0.1) is 0 Å². The summed E-state index contributed by atoms with van der Waals surface area (Å²) in [5, 5.41) is 3.88. The van der Waals surface area contributed by atoms with E-state index in [0.717, 1.165) is 38.2 Å². The second-order valence-corrected chi connectivity index (χ2v) is 6.01. The Kier molecular flexibility index (Phi) is 5.00. The van der Waals surface area contributed by atoms with Gasteiger partial charge in [-0.05, 0) is 30.9 Å². The average molecular weight is 316 g/mol. The number of rotatable bonds is 3. The third kappa shape index (κ3) is 3.70. The molecule has 0 saturated carbocycles. The minimum atomic E-state index is 0.0288. The smallest absolute Gasteiger partial charge is 0.216 e. The molecule has 1 aliphatic rings. The van der Waals surface area contributed by atoms with Gasteiger partial charge in [0.1, 0.15) is 0 Å². The van der Waals surface area contributed by atoms with Gasteiger partial charge >= 0.3 is 0 Å². The number of amides is 1. The molecule has 0 spiro atoms. The number of anilines is 2. The fraction of sp³-hybridized carbons (Fsp3) is 0.500. The highest BCUT2D eigenvalue weighted by molar-refractivity contribution is 6.42. The van der Waals surface area contributed by atoms with Crippen molar-refractivity contribution in [2.24, 2.45) is 5.92 Å². The summed E-state index contributed by atoms with van der Waals surface area (Å²) in [5.41, 5.74) is 7.61. The second kappa shape index (κ2) is 6.55. The molecule has 1 aromatic rings. The Balaban J connectivity index is 1.97. The van der Waals surface area contributed by atoms with Crippen molar-refractivity contribution in [1.29, 1.82) is 0 Å². The SMILES string of the molecule is CC(=O)NCC1CCN(c2cc(Cl)c(Cl)cc2N)CC1. The van der Waals surface area contributed by atoms with Crippen LogP contribution in [0.25, 0.3) is 0 Å². The second-order valence-electron chi connectivity index (χ2n) is 5.19. The maximum Gasteiger partial charge on any atom is 0.216 e. The molecule has 1 fully saturated rings. The van der Waals surface area contributed by atoms with Gasteiger partial charge in [0.15, 0.2) is 0 Å². The molecule has 1 amide bonds. The first-order chi connectivity index (χ1) is 9.47. The van der Waals surface area contributed by atoms with E-state index in [9.17, 15) is 4.79 Å². The lowest BCUT2D eigenvalue weighted by Gasteiger charge is -2.34. The molecule has 0 bridgehead atoms. The van der Waals surface area contributed by atoms with Crippen LogP contribution in [0.3, 0.4) is 0 Å². The van der Waals surface area contributed by atoms with E-state index in [2.05, 4.69) is 10.2 Å². The number of nitrogen functional groups attached to an aromatic ring is 1. The van der Waals surface area contributed by atoms with Crippen molar-refractivity contribution < 1.29 is 4.79 Å². The highest BCUT2D eigenvalue weighted by Gasteiger charge is 2.21. The lowest BCUT2D eigenvalue weighted by molar-refractivity contribution is -0.119. The maximum atomic E-state index is 10.9. The summed E-state index contributed by atoms with van der Waals surface area (Å²) in [6.45, 7) is 4.12. The molecule has 0 unspecified atom stereocenters. The summed E-state index contributed by atoms with van der Waals surface area (Å²) in [6.07, 6.45) is 2.06. The van der Waals surface area contributed by atoms with Crippen LogP contribution in [0.4, 0.5) is 11.4 Å². The van der Waals surface area contributed by atoms with Crippen LogP contribution in [0, 0.1) is 5.92 Å². The van der Waals surface area contributed by atoms with Gasteiger partial charge in [0.05, 0.1) is 21.4 Å². The van der Waals surface area contributed by atoms with Crippen molar-refractivity contribution in [2.45, 2.75) is 19.8 Å². The van der Waals surface area contributed by atoms with Gasteiger partial charge < -0.3 is 16.0 Å². The fourth-order valence-corrected chi connectivity index (χ4v) is 2.82. The van der Waals surface area contributed by atoms with Gasteiger partial charge in [-0.3, -0.25) is 4.79 Å². The Labute approximate surface area is 129 Å². The molecule has 110 valence electrons. The van der Waals surface area contributed by atoms with Crippen LogP contribution in [-0.2, 0) is 4.79 Å². The number of carbonyl (C=O) groups is 1. The molecule has 0 radical (unpaired) electrons. The molecule has 20 heavy (non-hydrogen) atoms. The first kappa shape index (κ1) is 15.3. The Morgan fingerprint density at radius 3 is 2.55 bits per heavy atom. The molecular weight excluding hydrogens is 297 g/mol. The van der Waals surface area contributed by atoms with Crippen molar-refractivity contribution >= 4 is 40.5 Å². The highest BCUT2D eigenvalue weighted by Crippen LogP contribution is 2.34. The van der Waals surface area contributed by atoms with E-state index in [4.69, 9.17) is 28.9 Å². The van der Waals surface area contributed by atoms with Crippen molar-refractivity contribution in [1.82, 2.24) is 5.32 Å². The van der Waals surface area contributed by atoms with E-state index < -0.39 is 0 Å². The topological polar surface area (TPSA) is 58.4 Å².